The largest absolute Gasteiger partial charge is 0.520 e. The summed E-state index contributed by atoms with van der Waals surface area (Å²) in [6, 6.07) is 17.1. The number of rotatable bonds is 9. The minimum absolute atomic E-state index is 0. The summed E-state index contributed by atoms with van der Waals surface area (Å²) >= 11 is 0. The number of hydrogen-bond acceptors (Lipinski definition) is 5. The zero-order valence-corrected chi connectivity index (χ0v) is 21.0. The Morgan fingerprint density at radius 1 is 1.16 bits per heavy atom. The van der Waals surface area contributed by atoms with Gasteiger partial charge in [0, 0.05) is 60.0 Å². The number of likely N-dealkylation sites (N-methyl/N-ethyl adjacent to an activating group) is 1. The smallest absolute Gasteiger partial charge is 0.229 e. The maximum Gasteiger partial charge on any atom is 0.229 e. The molecule has 1 aliphatic rings. The molecule has 2 aromatic rings. The van der Waals surface area contributed by atoms with Gasteiger partial charge >= 0.3 is 0 Å². The molecule has 1 N–H and O–H groups in total. The average Bonchev–Trinajstić information content (AvgIpc) is 3.26. The van der Waals surface area contributed by atoms with E-state index in [1.165, 1.54) is 4.90 Å². The number of aliphatic hydroxyl groups is 1. The van der Waals surface area contributed by atoms with Gasteiger partial charge in [-0.25, -0.2) is 0 Å². The van der Waals surface area contributed by atoms with Crippen molar-refractivity contribution in [1.29, 1.82) is 0 Å². The molecule has 1 fully saturated rings. The number of hydrogen-bond donors (Lipinski definition) is 1. The molecule has 0 bridgehead atoms. The molecule has 1 heterocycles. The molecule has 0 aliphatic carbocycles. The van der Waals surface area contributed by atoms with Crippen LogP contribution in [-0.2, 0) is 53.6 Å². The Morgan fingerprint density at radius 3 is 2.35 bits per heavy atom. The first-order valence-corrected chi connectivity index (χ1v) is 10.0. The second-order valence-electron chi connectivity index (χ2n) is 7.68. The van der Waals surface area contributed by atoms with Crippen LogP contribution >= 0.6 is 0 Å². The molecule has 0 spiro atoms. The Kier molecular flexibility index (Phi) is 10.1. The predicted molar refractivity (Wildman–Crippen MR) is 113 cm³/mol. The first-order chi connectivity index (χ1) is 14.4. The van der Waals surface area contributed by atoms with Gasteiger partial charge in [-0.1, -0.05) is 55.2 Å². The third-order valence-corrected chi connectivity index (χ3v) is 5.06. The van der Waals surface area contributed by atoms with Crippen LogP contribution in [-0.4, -0.2) is 48.8 Å². The van der Waals surface area contributed by atoms with Crippen molar-refractivity contribution < 1.29 is 56.8 Å². The number of ether oxygens (including phenoxy) is 3. The first kappa shape index (κ1) is 26.0. The summed E-state index contributed by atoms with van der Waals surface area (Å²) < 4.78 is 16.6. The molecule has 1 aliphatic heterocycles. The van der Waals surface area contributed by atoms with Gasteiger partial charge in [-0.05, 0) is 28.9 Å². The van der Waals surface area contributed by atoms with Crippen molar-refractivity contribution in [3.63, 3.8) is 0 Å². The summed E-state index contributed by atoms with van der Waals surface area (Å²) in [5.74, 6) is -0.351. The number of carbonyl (C=O) groups is 1. The van der Waals surface area contributed by atoms with Gasteiger partial charge in [0.05, 0.1) is 5.92 Å². The monoisotopic (exact) mass is 500 g/mol. The van der Waals surface area contributed by atoms with Crippen molar-refractivity contribution in [2.75, 3.05) is 27.3 Å². The molecular weight excluding hydrogens is 471 g/mol. The van der Waals surface area contributed by atoms with Crippen LogP contribution in [0.3, 0.4) is 0 Å². The predicted octanol–water partition coefficient (Wildman–Crippen LogP) is 3.32. The van der Waals surface area contributed by atoms with Gasteiger partial charge in [0.15, 0.2) is 0 Å². The molecule has 31 heavy (non-hydrogen) atoms. The Balaban J connectivity index is 0.00000341. The van der Waals surface area contributed by atoms with Gasteiger partial charge < -0.3 is 31.1 Å². The van der Waals surface area contributed by atoms with Crippen molar-refractivity contribution in [1.82, 2.24) is 4.90 Å². The van der Waals surface area contributed by atoms with Gasteiger partial charge in [0.25, 0.3) is 0 Å². The zero-order chi connectivity index (χ0) is 21.6. The Morgan fingerprint density at radius 2 is 1.77 bits per heavy atom. The van der Waals surface area contributed by atoms with Crippen LogP contribution in [0.2, 0.25) is 0 Å². The average molecular weight is 500 g/mol. The Hall–Kier alpha value is -1.31. The van der Waals surface area contributed by atoms with Crippen molar-refractivity contribution >= 4 is 5.91 Å². The number of carbonyl (C=O) groups excluding carboxylic acids is 1. The minimum Gasteiger partial charge on any atom is -0.520 e. The molecule has 0 saturated carbocycles. The molecule has 2 atom stereocenters. The molecule has 0 aromatic heterocycles. The van der Waals surface area contributed by atoms with Gasteiger partial charge in [-0.2, -0.15) is 0 Å². The quantitative estimate of drug-likeness (QED) is 0.536. The van der Waals surface area contributed by atoms with Crippen molar-refractivity contribution in [3.8, 4) is 5.75 Å². The molecule has 3 rings (SSSR count). The third kappa shape index (κ3) is 7.36. The van der Waals surface area contributed by atoms with E-state index < -0.39 is 11.5 Å². The van der Waals surface area contributed by atoms with E-state index in [1.54, 1.807) is 26.2 Å². The Bertz CT molecular complexity index is 804. The topological polar surface area (TPSA) is 68.2 Å². The fourth-order valence-electron chi connectivity index (χ4n) is 3.40. The van der Waals surface area contributed by atoms with E-state index in [0.29, 0.717) is 43.8 Å². The van der Waals surface area contributed by atoms with E-state index in [9.17, 15) is 9.90 Å². The van der Waals surface area contributed by atoms with Crippen molar-refractivity contribution in [3.05, 3.63) is 78.9 Å². The maximum absolute atomic E-state index is 12.9. The SMILES string of the molecule is [CH2-]C(O)(CC[C-]1OCCO1)C(C(=O)N(C)C)c1ccc(OCc2ccccc2)cc1.[Y]. The second-order valence-corrected chi connectivity index (χ2v) is 7.68. The summed E-state index contributed by atoms with van der Waals surface area (Å²) in [5, 5.41) is 11.1. The zero-order valence-electron chi connectivity index (χ0n) is 18.1. The van der Waals surface area contributed by atoms with Crippen LogP contribution in [0.15, 0.2) is 54.6 Å². The number of amides is 1. The molecular formula is C24H29NO5Y-2. The normalized spacial score (nSPS) is 16.8. The van der Waals surface area contributed by atoms with E-state index in [-0.39, 0.29) is 45.0 Å². The third-order valence-electron chi connectivity index (χ3n) is 5.06. The van der Waals surface area contributed by atoms with Gasteiger partial charge in [-0.3, -0.25) is 4.79 Å². The van der Waals surface area contributed by atoms with Crippen LogP contribution in [0.25, 0.3) is 0 Å². The molecule has 1 amide bonds. The fraction of sp³-hybridized carbons (Fsp3) is 0.375. The van der Waals surface area contributed by atoms with Crippen LogP contribution in [0.5, 0.6) is 5.75 Å². The molecule has 1 saturated heterocycles. The Labute approximate surface area is 209 Å². The molecule has 165 valence electrons. The van der Waals surface area contributed by atoms with Crippen LogP contribution < -0.4 is 4.74 Å². The molecule has 1 radical (unpaired) electrons. The molecule has 2 aromatic carbocycles. The van der Waals surface area contributed by atoms with E-state index in [2.05, 4.69) is 6.92 Å². The van der Waals surface area contributed by atoms with E-state index in [0.717, 1.165) is 5.56 Å². The first-order valence-electron chi connectivity index (χ1n) is 10.0. The summed E-state index contributed by atoms with van der Waals surface area (Å²) in [6.07, 6.45) is 1.10. The van der Waals surface area contributed by atoms with Crippen LogP contribution in [0.4, 0.5) is 0 Å². The molecule has 6 nitrogen and oxygen atoms in total. The summed E-state index contributed by atoms with van der Waals surface area (Å²) in [5.41, 5.74) is 0.232. The summed E-state index contributed by atoms with van der Waals surface area (Å²) in [7, 11) is 3.33. The van der Waals surface area contributed by atoms with Gasteiger partial charge in [-0.15, -0.1) is 6.42 Å². The number of benzene rings is 2. The van der Waals surface area contributed by atoms with Crippen molar-refractivity contribution in [2.24, 2.45) is 0 Å². The summed E-state index contributed by atoms with van der Waals surface area (Å²) in [4.78, 5) is 14.4. The molecule has 2 unspecified atom stereocenters. The standard InChI is InChI=1S/C24H29NO5.Y/c1-24(27,14-13-21-28-15-16-29-21)22(23(26)25(2)3)19-9-11-20(12-10-19)30-17-18-7-5-4-6-8-18;/h4-12,22,27H,1,13-17H2,2-3H3;/q-2;. The fourth-order valence-corrected chi connectivity index (χ4v) is 3.40. The van der Waals surface area contributed by atoms with E-state index >= 15 is 0 Å². The van der Waals surface area contributed by atoms with E-state index in [4.69, 9.17) is 14.2 Å². The van der Waals surface area contributed by atoms with Crippen LogP contribution in [0, 0.1) is 13.2 Å². The van der Waals surface area contributed by atoms with Gasteiger partial charge in [0.1, 0.15) is 12.4 Å². The van der Waals surface area contributed by atoms with E-state index in [1.807, 2.05) is 42.5 Å². The minimum atomic E-state index is -1.52. The number of nitrogens with zero attached hydrogens (tertiary/aromatic N) is 1. The van der Waals surface area contributed by atoms with Crippen molar-refractivity contribution in [2.45, 2.75) is 31.0 Å². The second kappa shape index (κ2) is 12.1. The maximum atomic E-state index is 12.9. The van der Waals surface area contributed by atoms with Crippen LogP contribution in [0.1, 0.15) is 29.9 Å². The van der Waals surface area contributed by atoms with Gasteiger partial charge in [0.2, 0.25) is 5.91 Å². The summed E-state index contributed by atoms with van der Waals surface area (Å²) in [6.45, 7) is 5.44. The molecule has 7 heteroatoms.